The van der Waals surface area contributed by atoms with Gasteiger partial charge in [0.25, 0.3) is 5.79 Å². The number of nitrogens with zero attached hydrogens (tertiary/aromatic N) is 1. The van der Waals surface area contributed by atoms with Gasteiger partial charge in [-0.3, -0.25) is 4.90 Å². The van der Waals surface area contributed by atoms with Crippen molar-refractivity contribution in [1.82, 2.24) is 4.90 Å². The van der Waals surface area contributed by atoms with Crippen molar-refractivity contribution >= 4 is 12.1 Å². The molecule has 0 aliphatic carbocycles. The van der Waals surface area contributed by atoms with Crippen LogP contribution in [0.4, 0.5) is 4.79 Å². The van der Waals surface area contributed by atoms with Gasteiger partial charge in [-0.15, -0.1) is 0 Å². The lowest BCUT2D eigenvalue weighted by Gasteiger charge is -2.35. The van der Waals surface area contributed by atoms with Crippen LogP contribution in [-0.4, -0.2) is 54.8 Å². The topological polar surface area (TPSA) is 74.3 Å². The zero-order valence-electron chi connectivity index (χ0n) is 11.1. The smallest absolute Gasteiger partial charge is 0.415 e. The number of esters is 1. The Labute approximate surface area is 105 Å². The highest BCUT2D eigenvalue weighted by atomic mass is 16.8. The number of amides is 1. The molecule has 0 aromatic carbocycles. The van der Waals surface area contributed by atoms with E-state index >= 15 is 0 Å². The first kappa shape index (κ1) is 13.1. The van der Waals surface area contributed by atoms with E-state index in [-0.39, 0.29) is 0 Å². The van der Waals surface area contributed by atoms with Gasteiger partial charge in [0, 0.05) is 14.0 Å². The molecule has 2 rings (SSSR count). The van der Waals surface area contributed by atoms with Crippen molar-refractivity contribution in [3.63, 3.8) is 0 Å². The van der Waals surface area contributed by atoms with Crippen molar-refractivity contribution in [3.05, 3.63) is 0 Å². The van der Waals surface area contributed by atoms with Gasteiger partial charge in [-0.1, -0.05) is 0 Å². The zero-order valence-corrected chi connectivity index (χ0v) is 11.1. The number of rotatable bonds is 2. The summed E-state index contributed by atoms with van der Waals surface area (Å²) in [6.45, 7) is 4.95. The number of carbonyl (C=O) groups excluding carboxylic acids is 2. The SMILES string of the molecule is COC(=O)[C@@H]1[C@H](C)O[C@@]2(C)N1C(=O)O[C@]2(C)OC. The van der Waals surface area contributed by atoms with Gasteiger partial charge in [0.05, 0.1) is 13.2 Å². The second-order valence-electron chi connectivity index (χ2n) is 4.66. The van der Waals surface area contributed by atoms with Crippen LogP contribution < -0.4 is 0 Å². The highest BCUT2D eigenvalue weighted by Crippen LogP contribution is 2.47. The predicted molar refractivity (Wildman–Crippen MR) is 58.5 cm³/mol. The number of cyclic esters (lactones) is 1. The second kappa shape index (κ2) is 3.83. The van der Waals surface area contributed by atoms with Gasteiger partial charge in [-0.25, -0.2) is 9.59 Å². The molecule has 0 bridgehead atoms. The molecule has 18 heavy (non-hydrogen) atoms. The quantitative estimate of drug-likeness (QED) is 0.671. The van der Waals surface area contributed by atoms with Crippen molar-refractivity contribution in [2.24, 2.45) is 0 Å². The summed E-state index contributed by atoms with van der Waals surface area (Å²) in [7, 11) is 2.68. The first-order valence-corrected chi connectivity index (χ1v) is 5.64. The van der Waals surface area contributed by atoms with E-state index in [9.17, 15) is 9.59 Å². The Kier molecular flexibility index (Phi) is 2.78. The van der Waals surface area contributed by atoms with Gasteiger partial charge < -0.3 is 18.9 Å². The van der Waals surface area contributed by atoms with Crippen LogP contribution in [0.1, 0.15) is 20.8 Å². The summed E-state index contributed by atoms with van der Waals surface area (Å²) in [6, 6.07) is -0.829. The summed E-state index contributed by atoms with van der Waals surface area (Å²) in [4.78, 5) is 25.0. The van der Waals surface area contributed by atoms with Crippen molar-refractivity contribution in [3.8, 4) is 0 Å². The van der Waals surface area contributed by atoms with Gasteiger partial charge in [0.1, 0.15) is 0 Å². The molecule has 0 radical (unpaired) electrons. The van der Waals surface area contributed by atoms with Crippen LogP contribution in [0.15, 0.2) is 0 Å². The lowest BCUT2D eigenvalue weighted by Crippen LogP contribution is -2.55. The molecule has 0 spiro atoms. The third-order valence-corrected chi connectivity index (χ3v) is 3.75. The minimum absolute atomic E-state index is 0.496. The van der Waals surface area contributed by atoms with Crippen LogP contribution in [0.5, 0.6) is 0 Å². The third kappa shape index (κ3) is 1.37. The first-order valence-electron chi connectivity index (χ1n) is 5.64. The molecule has 2 heterocycles. The van der Waals surface area contributed by atoms with E-state index in [2.05, 4.69) is 0 Å². The lowest BCUT2D eigenvalue weighted by atomic mass is 10.1. The molecule has 0 aromatic heterocycles. The maximum atomic E-state index is 11.9. The molecule has 0 N–H and O–H groups in total. The van der Waals surface area contributed by atoms with E-state index in [1.807, 2.05) is 0 Å². The summed E-state index contributed by atoms with van der Waals surface area (Å²) in [6.07, 6.45) is -1.15. The molecule has 7 heteroatoms. The molecule has 0 unspecified atom stereocenters. The van der Waals surface area contributed by atoms with E-state index < -0.39 is 35.7 Å². The van der Waals surface area contributed by atoms with E-state index in [1.165, 1.54) is 19.1 Å². The number of hydrogen-bond donors (Lipinski definition) is 0. The average molecular weight is 259 g/mol. The van der Waals surface area contributed by atoms with Crippen molar-refractivity contribution in [1.29, 1.82) is 0 Å². The Morgan fingerprint density at radius 1 is 1.39 bits per heavy atom. The van der Waals surface area contributed by atoms with Gasteiger partial charge in [0.15, 0.2) is 6.04 Å². The summed E-state index contributed by atoms with van der Waals surface area (Å²) in [5, 5.41) is 0. The normalized spacial score (nSPS) is 42.7. The molecule has 2 aliphatic heterocycles. The number of methoxy groups -OCH3 is 2. The molecule has 4 atom stereocenters. The molecule has 2 fully saturated rings. The lowest BCUT2D eigenvalue weighted by molar-refractivity contribution is -0.265. The minimum Gasteiger partial charge on any atom is -0.467 e. The highest BCUT2D eigenvalue weighted by Gasteiger charge is 2.70. The molecule has 0 aromatic rings. The van der Waals surface area contributed by atoms with Crippen LogP contribution in [0.25, 0.3) is 0 Å². The Morgan fingerprint density at radius 3 is 2.50 bits per heavy atom. The van der Waals surface area contributed by atoms with Crippen LogP contribution in [-0.2, 0) is 23.7 Å². The number of ether oxygens (including phenoxy) is 4. The fraction of sp³-hybridized carbons (Fsp3) is 0.818. The van der Waals surface area contributed by atoms with Gasteiger partial charge in [0.2, 0.25) is 5.72 Å². The Hall–Kier alpha value is -1.34. The molecular formula is C11H17NO6. The maximum Gasteiger partial charge on any atom is 0.415 e. The van der Waals surface area contributed by atoms with Crippen LogP contribution in [0.3, 0.4) is 0 Å². The van der Waals surface area contributed by atoms with Gasteiger partial charge >= 0.3 is 12.1 Å². The first-order chi connectivity index (χ1) is 8.30. The molecule has 1 amide bonds. The Balaban J connectivity index is 2.44. The second-order valence-corrected chi connectivity index (χ2v) is 4.66. The molecule has 102 valence electrons. The molecular weight excluding hydrogens is 242 g/mol. The van der Waals surface area contributed by atoms with Gasteiger partial charge in [-0.2, -0.15) is 0 Å². The van der Waals surface area contributed by atoms with Crippen LogP contribution in [0, 0.1) is 0 Å². The Morgan fingerprint density at radius 2 is 2.00 bits per heavy atom. The number of carbonyl (C=O) groups is 2. The third-order valence-electron chi connectivity index (χ3n) is 3.75. The fourth-order valence-corrected chi connectivity index (χ4v) is 2.53. The minimum atomic E-state index is -1.26. The van der Waals surface area contributed by atoms with Crippen LogP contribution >= 0.6 is 0 Å². The predicted octanol–water partition coefficient (Wildman–Crippen LogP) is 0.478. The van der Waals surface area contributed by atoms with Crippen LogP contribution in [0.2, 0.25) is 0 Å². The van der Waals surface area contributed by atoms with Gasteiger partial charge in [-0.05, 0) is 13.8 Å². The standard InChI is InChI=1S/C11H17NO6/c1-6-7(8(13)15-4)12-9(14)18-11(3,16-5)10(12,2)17-6/h6-7H,1-5H3/t6-,7-,10+,11-/m0/s1. The fourth-order valence-electron chi connectivity index (χ4n) is 2.53. The number of fused-ring (bicyclic) bond motifs is 1. The van der Waals surface area contributed by atoms with Crippen molar-refractivity contribution < 1.29 is 28.5 Å². The average Bonchev–Trinajstić information content (AvgIpc) is 2.69. The molecule has 0 saturated carbocycles. The highest BCUT2D eigenvalue weighted by molar-refractivity contribution is 5.84. The van der Waals surface area contributed by atoms with E-state index in [0.29, 0.717) is 0 Å². The van der Waals surface area contributed by atoms with E-state index in [1.54, 1.807) is 20.8 Å². The Bertz CT molecular complexity index is 399. The van der Waals surface area contributed by atoms with Crippen molar-refractivity contribution in [2.45, 2.75) is 44.4 Å². The zero-order chi connectivity index (χ0) is 13.7. The summed E-state index contributed by atoms with van der Waals surface area (Å²) in [5.74, 6) is -1.80. The monoisotopic (exact) mass is 259 g/mol. The van der Waals surface area contributed by atoms with E-state index in [4.69, 9.17) is 18.9 Å². The molecule has 7 nitrogen and oxygen atoms in total. The van der Waals surface area contributed by atoms with E-state index in [0.717, 1.165) is 0 Å². The number of hydrogen-bond acceptors (Lipinski definition) is 6. The molecule has 2 saturated heterocycles. The molecule has 2 aliphatic rings. The summed E-state index contributed by atoms with van der Waals surface area (Å²) in [5.41, 5.74) is -1.16. The largest absolute Gasteiger partial charge is 0.467 e. The maximum absolute atomic E-state index is 11.9. The summed E-state index contributed by atoms with van der Waals surface area (Å²) >= 11 is 0. The van der Waals surface area contributed by atoms with Crippen molar-refractivity contribution in [2.75, 3.05) is 14.2 Å². The summed E-state index contributed by atoms with van der Waals surface area (Å²) < 4.78 is 20.8.